The number of esters is 1. The number of benzene rings is 2. The monoisotopic (exact) mass is 432 g/mol. The van der Waals surface area contributed by atoms with Gasteiger partial charge in [-0.1, -0.05) is 24.3 Å². The molecule has 0 aliphatic carbocycles. The summed E-state index contributed by atoms with van der Waals surface area (Å²) in [6, 6.07) is 15.6. The number of hydrogen-bond acceptors (Lipinski definition) is 6. The highest BCUT2D eigenvalue weighted by Crippen LogP contribution is 2.11. The van der Waals surface area contributed by atoms with Crippen molar-refractivity contribution in [1.29, 1.82) is 0 Å². The summed E-state index contributed by atoms with van der Waals surface area (Å²) in [5.74, 6) is -0.769. The fraction of sp³-hybridized carbons (Fsp3) is 0.158. The van der Waals surface area contributed by atoms with Gasteiger partial charge in [0.1, 0.15) is 0 Å². The van der Waals surface area contributed by atoms with Crippen molar-refractivity contribution >= 4 is 58.3 Å². The van der Waals surface area contributed by atoms with E-state index in [1.807, 2.05) is 18.2 Å². The molecule has 0 saturated heterocycles. The van der Waals surface area contributed by atoms with Gasteiger partial charge in [-0.3, -0.25) is 20.4 Å². The quantitative estimate of drug-likeness (QED) is 0.300. The van der Waals surface area contributed by atoms with Crippen LogP contribution in [0, 0.1) is 0 Å². The number of thiocarbonyl (C=S) groups is 1. The second kappa shape index (κ2) is 11.7. The fourth-order valence-corrected chi connectivity index (χ4v) is 2.91. The number of para-hydroxylation sites is 1. The van der Waals surface area contributed by atoms with Crippen LogP contribution in [0.15, 0.2) is 54.6 Å². The number of carbonyl (C=O) groups is 3. The van der Waals surface area contributed by atoms with Crippen molar-refractivity contribution in [3.05, 3.63) is 60.2 Å². The number of hydrazine groups is 1. The maximum Gasteiger partial charge on any atom is 0.337 e. The van der Waals surface area contributed by atoms with Gasteiger partial charge in [-0.15, -0.1) is 11.8 Å². The lowest BCUT2D eigenvalue weighted by Gasteiger charge is -2.12. The van der Waals surface area contributed by atoms with Gasteiger partial charge in [0.15, 0.2) is 5.11 Å². The van der Waals surface area contributed by atoms with Crippen LogP contribution in [0.5, 0.6) is 0 Å². The maximum atomic E-state index is 11.8. The second-order valence-electron chi connectivity index (χ2n) is 5.61. The number of amides is 2. The van der Waals surface area contributed by atoms with Crippen molar-refractivity contribution in [2.45, 2.75) is 0 Å². The summed E-state index contributed by atoms with van der Waals surface area (Å²) in [5.41, 5.74) is 6.64. The average Bonchev–Trinajstić information content (AvgIpc) is 2.72. The number of nitrogens with one attached hydrogen (secondary N) is 4. The summed E-state index contributed by atoms with van der Waals surface area (Å²) in [6.07, 6.45) is 0. The standard InChI is InChI=1S/C19H20N4O4S2/c1-27-18(26)13-6-5-9-15(10-13)21-19(28)23-22-17(25)12-29-11-16(24)20-14-7-3-2-4-8-14/h2-10H,11-12H2,1H3,(H,20,24)(H,22,25)(H2,21,23,28). The van der Waals surface area contributed by atoms with Crippen LogP contribution < -0.4 is 21.5 Å². The minimum absolute atomic E-state index is 0.0790. The smallest absolute Gasteiger partial charge is 0.337 e. The molecule has 0 aliphatic rings. The van der Waals surface area contributed by atoms with Gasteiger partial charge in [-0.25, -0.2) is 4.79 Å². The minimum Gasteiger partial charge on any atom is -0.465 e. The molecule has 10 heteroatoms. The van der Waals surface area contributed by atoms with E-state index in [4.69, 9.17) is 12.2 Å². The third kappa shape index (κ3) is 8.20. The number of hydrogen-bond donors (Lipinski definition) is 4. The summed E-state index contributed by atoms with van der Waals surface area (Å²) in [6.45, 7) is 0. The molecule has 4 N–H and O–H groups in total. The lowest BCUT2D eigenvalue weighted by Crippen LogP contribution is -2.44. The van der Waals surface area contributed by atoms with Gasteiger partial charge in [-0.05, 0) is 42.5 Å². The van der Waals surface area contributed by atoms with E-state index in [1.54, 1.807) is 36.4 Å². The Morgan fingerprint density at radius 3 is 2.31 bits per heavy atom. The topological polar surface area (TPSA) is 109 Å². The van der Waals surface area contributed by atoms with E-state index >= 15 is 0 Å². The molecule has 0 radical (unpaired) electrons. The van der Waals surface area contributed by atoms with E-state index in [9.17, 15) is 14.4 Å². The normalized spacial score (nSPS) is 9.83. The van der Waals surface area contributed by atoms with Crippen LogP contribution in [0.25, 0.3) is 0 Å². The van der Waals surface area contributed by atoms with E-state index < -0.39 is 5.97 Å². The zero-order valence-corrected chi connectivity index (χ0v) is 17.2. The van der Waals surface area contributed by atoms with E-state index in [2.05, 4.69) is 26.2 Å². The summed E-state index contributed by atoms with van der Waals surface area (Å²) < 4.78 is 4.66. The molecule has 0 saturated carbocycles. The van der Waals surface area contributed by atoms with Crippen molar-refractivity contribution in [2.75, 3.05) is 29.2 Å². The number of rotatable bonds is 7. The SMILES string of the molecule is COC(=O)c1cccc(NC(=S)NNC(=O)CSCC(=O)Nc2ccccc2)c1. The summed E-state index contributed by atoms with van der Waals surface area (Å²) in [5, 5.41) is 5.73. The highest BCUT2D eigenvalue weighted by atomic mass is 32.2. The molecule has 0 aliphatic heterocycles. The Morgan fingerprint density at radius 1 is 0.897 bits per heavy atom. The number of anilines is 2. The van der Waals surface area contributed by atoms with Gasteiger partial charge in [0.2, 0.25) is 11.8 Å². The molecule has 2 amide bonds. The van der Waals surface area contributed by atoms with Crippen molar-refractivity contribution in [3.8, 4) is 0 Å². The van der Waals surface area contributed by atoms with Crippen LogP contribution in [0.4, 0.5) is 11.4 Å². The predicted molar refractivity (Wildman–Crippen MR) is 118 cm³/mol. The number of thioether (sulfide) groups is 1. The Labute approximate surface area is 177 Å². The number of ether oxygens (including phenoxy) is 1. The van der Waals surface area contributed by atoms with Crippen LogP contribution in [0.2, 0.25) is 0 Å². The summed E-state index contributed by atoms with van der Waals surface area (Å²) in [7, 11) is 1.30. The second-order valence-corrected chi connectivity index (χ2v) is 7.00. The van der Waals surface area contributed by atoms with Gasteiger partial charge in [0.25, 0.3) is 0 Å². The van der Waals surface area contributed by atoms with Gasteiger partial charge in [0, 0.05) is 11.4 Å². The maximum absolute atomic E-state index is 11.8. The third-order valence-corrected chi connectivity index (χ3v) is 4.52. The van der Waals surface area contributed by atoms with Crippen molar-refractivity contribution in [1.82, 2.24) is 10.9 Å². The fourth-order valence-electron chi connectivity index (χ4n) is 2.12. The first kappa shape index (κ1) is 22.2. The van der Waals surface area contributed by atoms with Gasteiger partial charge >= 0.3 is 5.97 Å². The number of methoxy groups -OCH3 is 1. The Kier molecular flexibility index (Phi) is 8.93. The van der Waals surface area contributed by atoms with E-state index in [1.165, 1.54) is 18.9 Å². The van der Waals surface area contributed by atoms with Crippen LogP contribution in [-0.2, 0) is 14.3 Å². The molecule has 2 rings (SSSR count). The van der Waals surface area contributed by atoms with Gasteiger partial charge in [0.05, 0.1) is 24.2 Å². The molecule has 29 heavy (non-hydrogen) atoms. The van der Waals surface area contributed by atoms with Crippen LogP contribution in [0.3, 0.4) is 0 Å². The Morgan fingerprint density at radius 2 is 1.59 bits per heavy atom. The van der Waals surface area contributed by atoms with Crippen LogP contribution >= 0.6 is 24.0 Å². The Bertz CT molecular complexity index is 878. The molecular weight excluding hydrogens is 412 g/mol. The summed E-state index contributed by atoms with van der Waals surface area (Å²) in [4.78, 5) is 35.2. The molecule has 2 aromatic rings. The van der Waals surface area contributed by atoms with Gasteiger partial charge < -0.3 is 15.4 Å². The van der Waals surface area contributed by atoms with Crippen molar-refractivity contribution in [2.24, 2.45) is 0 Å². The number of carbonyl (C=O) groups excluding carboxylic acids is 3. The molecule has 0 aromatic heterocycles. The first-order chi connectivity index (χ1) is 14.0. The highest BCUT2D eigenvalue weighted by Gasteiger charge is 2.08. The molecule has 0 heterocycles. The average molecular weight is 433 g/mol. The first-order valence-corrected chi connectivity index (χ1v) is 10.0. The molecular formula is C19H20N4O4S2. The van der Waals surface area contributed by atoms with Crippen LogP contribution in [0.1, 0.15) is 10.4 Å². The van der Waals surface area contributed by atoms with E-state index in [0.717, 1.165) is 0 Å². The van der Waals surface area contributed by atoms with Gasteiger partial charge in [-0.2, -0.15) is 0 Å². The van der Waals surface area contributed by atoms with Crippen LogP contribution in [-0.4, -0.2) is 41.5 Å². The minimum atomic E-state index is -0.464. The summed E-state index contributed by atoms with van der Waals surface area (Å²) >= 11 is 6.27. The largest absolute Gasteiger partial charge is 0.465 e. The zero-order valence-electron chi connectivity index (χ0n) is 15.6. The lowest BCUT2D eigenvalue weighted by molar-refractivity contribution is -0.119. The van der Waals surface area contributed by atoms with Crippen molar-refractivity contribution < 1.29 is 19.1 Å². The highest BCUT2D eigenvalue weighted by molar-refractivity contribution is 8.00. The predicted octanol–water partition coefficient (Wildman–Crippen LogP) is 2.16. The molecule has 8 nitrogen and oxygen atoms in total. The molecule has 0 bridgehead atoms. The molecule has 0 atom stereocenters. The molecule has 152 valence electrons. The first-order valence-electron chi connectivity index (χ1n) is 8.45. The molecule has 2 aromatic carbocycles. The third-order valence-electron chi connectivity index (χ3n) is 3.38. The lowest BCUT2D eigenvalue weighted by atomic mass is 10.2. The molecule has 0 fully saturated rings. The van der Waals surface area contributed by atoms with Crippen molar-refractivity contribution in [3.63, 3.8) is 0 Å². The van der Waals surface area contributed by atoms with E-state index in [-0.39, 0.29) is 28.4 Å². The zero-order chi connectivity index (χ0) is 21.1. The molecule has 0 unspecified atom stereocenters. The molecule has 0 spiro atoms. The Balaban J connectivity index is 1.66. The van der Waals surface area contributed by atoms with E-state index in [0.29, 0.717) is 16.9 Å². The Hall–Kier alpha value is -3.11.